The van der Waals surface area contributed by atoms with E-state index in [-0.39, 0.29) is 6.04 Å². The summed E-state index contributed by atoms with van der Waals surface area (Å²) < 4.78 is 34.0. The number of nitrogens with zero attached hydrogens (tertiary/aromatic N) is 1. The second-order valence-electron chi connectivity index (χ2n) is 7.51. The smallest absolute Gasteiger partial charge is 0.240 e. The van der Waals surface area contributed by atoms with Crippen molar-refractivity contribution in [3.8, 4) is 5.75 Å². The molecule has 6 heteroatoms. The molecular weight excluding hydrogens is 372 g/mol. The lowest BCUT2D eigenvalue weighted by atomic mass is 10.0. The van der Waals surface area contributed by atoms with E-state index in [1.54, 1.807) is 13.2 Å². The minimum Gasteiger partial charge on any atom is -0.497 e. The van der Waals surface area contributed by atoms with Crippen LogP contribution in [0, 0.1) is 13.8 Å². The lowest BCUT2D eigenvalue weighted by Crippen LogP contribution is -2.40. The first-order valence-electron chi connectivity index (χ1n) is 9.85. The lowest BCUT2D eigenvalue weighted by molar-refractivity contribution is 0.164. The van der Waals surface area contributed by atoms with E-state index < -0.39 is 10.0 Å². The average Bonchev–Trinajstić information content (AvgIpc) is 2.69. The summed E-state index contributed by atoms with van der Waals surface area (Å²) in [5, 5.41) is 0. The Labute approximate surface area is 168 Å². The van der Waals surface area contributed by atoms with E-state index >= 15 is 0 Å². The average molecular weight is 403 g/mol. The van der Waals surface area contributed by atoms with Gasteiger partial charge in [-0.05, 0) is 69.1 Å². The SMILES string of the molecule is COc1ccc(C(CNS(=O)(=O)c2ccc(C)cc2C)N2CCCCC2)cc1. The molecule has 152 valence electrons. The molecule has 2 aromatic rings. The number of hydrogen-bond donors (Lipinski definition) is 1. The van der Waals surface area contributed by atoms with Crippen LogP contribution in [0.1, 0.15) is 42.0 Å². The van der Waals surface area contributed by atoms with E-state index in [4.69, 9.17) is 4.74 Å². The number of benzene rings is 2. The highest BCUT2D eigenvalue weighted by Crippen LogP contribution is 2.26. The minimum absolute atomic E-state index is 0.00624. The summed E-state index contributed by atoms with van der Waals surface area (Å²) in [4.78, 5) is 2.74. The first-order valence-corrected chi connectivity index (χ1v) is 11.3. The van der Waals surface area contributed by atoms with Crippen LogP contribution in [0.15, 0.2) is 47.4 Å². The number of piperidine rings is 1. The molecule has 1 saturated heterocycles. The number of sulfonamides is 1. The molecule has 1 N–H and O–H groups in total. The van der Waals surface area contributed by atoms with Crippen LogP contribution in [0.2, 0.25) is 0 Å². The van der Waals surface area contributed by atoms with E-state index in [2.05, 4.69) is 9.62 Å². The Balaban J connectivity index is 1.82. The van der Waals surface area contributed by atoms with Gasteiger partial charge in [-0.25, -0.2) is 13.1 Å². The van der Waals surface area contributed by atoms with Crippen molar-refractivity contribution < 1.29 is 13.2 Å². The van der Waals surface area contributed by atoms with Gasteiger partial charge in [0.1, 0.15) is 5.75 Å². The summed E-state index contributed by atoms with van der Waals surface area (Å²) in [7, 11) is -1.92. The monoisotopic (exact) mass is 402 g/mol. The van der Waals surface area contributed by atoms with Gasteiger partial charge >= 0.3 is 0 Å². The Hall–Kier alpha value is -1.89. The molecule has 1 fully saturated rings. The minimum atomic E-state index is -3.56. The molecule has 0 amide bonds. The van der Waals surface area contributed by atoms with Gasteiger partial charge in [-0.15, -0.1) is 0 Å². The second-order valence-corrected chi connectivity index (χ2v) is 9.24. The molecular formula is C22H30N2O3S. The normalized spacial score (nSPS) is 16.7. The molecule has 0 spiro atoms. The Morgan fingerprint density at radius 3 is 2.32 bits per heavy atom. The molecule has 1 heterocycles. The van der Waals surface area contributed by atoms with Crippen LogP contribution in [-0.2, 0) is 10.0 Å². The molecule has 0 bridgehead atoms. The quantitative estimate of drug-likeness (QED) is 0.765. The molecule has 1 unspecified atom stereocenters. The van der Waals surface area contributed by atoms with Gasteiger partial charge in [0.25, 0.3) is 0 Å². The maximum absolute atomic E-state index is 12.9. The number of likely N-dealkylation sites (tertiary alicyclic amines) is 1. The van der Waals surface area contributed by atoms with Crippen molar-refractivity contribution in [1.82, 2.24) is 9.62 Å². The first-order chi connectivity index (χ1) is 13.4. The van der Waals surface area contributed by atoms with Crippen LogP contribution < -0.4 is 9.46 Å². The topological polar surface area (TPSA) is 58.6 Å². The summed E-state index contributed by atoms with van der Waals surface area (Å²) in [6.45, 7) is 6.13. The van der Waals surface area contributed by atoms with Crippen LogP contribution in [0.5, 0.6) is 5.75 Å². The van der Waals surface area contributed by atoms with Crippen molar-refractivity contribution in [3.05, 3.63) is 59.2 Å². The highest BCUT2D eigenvalue weighted by molar-refractivity contribution is 7.89. The molecule has 1 atom stereocenters. The number of methoxy groups -OCH3 is 1. The number of rotatable bonds is 7. The highest BCUT2D eigenvalue weighted by atomic mass is 32.2. The Bertz CT molecular complexity index is 888. The molecule has 0 aliphatic carbocycles. The third-order valence-corrected chi connectivity index (χ3v) is 7.00. The predicted molar refractivity (Wildman–Crippen MR) is 112 cm³/mol. The Morgan fingerprint density at radius 2 is 1.71 bits per heavy atom. The van der Waals surface area contributed by atoms with E-state index in [9.17, 15) is 8.42 Å². The maximum atomic E-state index is 12.9. The zero-order valence-corrected chi connectivity index (χ0v) is 17.8. The van der Waals surface area contributed by atoms with Gasteiger partial charge in [-0.2, -0.15) is 0 Å². The van der Waals surface area contributed by atoms with Crippen LogP contribution in [0.25, 0.3) is 0 Å². The first kappa shape index (κ1) is 20.8. The zero-order chi connectivity index (χ0) is 20.1. The van der Waals surface area contributed by atoms with Crippen molar-refractivity contribution >= 4 is 10.0 Å². The van der Waals surface area contributed by atoms with Crippen molar-refractivity contribution in [2.75, 3.05) is 26.7 Å². The molecule has 1 aliphatic heterocycles. The largest absolute Gasteiger partial charge is 0.497 e. The van der Waals surface area contributed by atoms with Crippen molar-refractivity contribution in [3.63, 3.8) is 0 Å². The van der Waals surface area contributed by atoms with Gasteiger partial charge in [0.05, 0.1) is 12.0 Å². The van der Waals surface area contributed by atoms with Gasteiger partial charge in [0.2, 0.25) is 10.0 Å². The van der Waals surface area contributed by atoms with Gasteiger partial charge in [-0.3, -0.25) is 4.90 Å². The molecule has 2 aromatic carbocycles. The second kappa shape index (κ2) is 9.07. The van der Waals surface area contributed by atoms with Gasteiger partial charge < -0.3 is 4.74 Å². The van der Waals surface area contributed by atoms with Gasteiger partial charge in [-0.1, -0.05) is 36.2 Å². The standard InChI is InChI=1S/C22H30N2O3S/c1-17-7-12-22(18(2)15-17)28(25,26)23-16-21(24-13-5-4-6-14-24)19-8-10-20(27-3)11-9-19/h7-12,15,21,23H,4-6,13-14,16H2,1-3H3. The molecule has 0 aromatic heterocycles. The van der Waals surface area contributed by atoms with Crippen molar-refractivity contribution in [1.29, 1.82) is 0 Å². The summed E-state index contributed by atoms with van der Waals surface area (Å²) in [6, 6.07) is 13.4. The Kier molecular flexibility index (Phi) is 6.75. The fourth-order valence-electron chi connectivity index (χ4n) is 3.88. The van der Waals surface area contributed by atoms with E-state index in [1.807, 2.05) is 50.2 Å². The summed E-state index contributed by atoms with van der Waals surface area (Å²) in [5.74, 6) is 0.803. The summed E-state index contributed by atoms with van der Waals surface area (Å²) >= 11 is 0. The van der Waals surface area contributed by atoms with Crippen LogP contribution in [0.4, 0.5) is 0 Å². The summed E-state index contributed by atoms with van der Waals surface area (Å²) in [6.07, 6.45) is 3.53. The van der Waals surface area contributed by atoms with Crippen LogP contribution in [0.3, 0.4) is 0 Å². The molecule has 5 nitrogen and oxygen atoms in total. The Morgan fingerprint density at radius 1 is 1.04 bits per heavy atom. The van der Waals surface area contributed by atoms with Gasteiger partial charge in [0.15, 0.2) is 0 Å². The maximum Gasteiger partial charge on any atom is 0.240 e. The number of ether oxygens (including phenoxy) is 1. The predicted octanol–water partition coefficient (Wildman–Crippen LogP) is 3.82. The lowest BCUT2D eigenvalue weighted by Gasteiger charge is -2.35. The van der Waals surface area contributed by atoms with Crippen LogP contribution >= 0.6 is 0 Å². The fraction of sp³-hybridized carbons (Fsp3) is 0.455. The molecule has 28 heavy (non-hydrogen) atoms. The third-order valence-electron chi connectivity index (χ3n) is 5.42. The van der Waals surface area contributed by atoms with Crippen molar-refractivity contribution in [2.45, 2.75) is 44.0 Å². The summed E-state index contributed by atoms with van der Waals surface area (Å²) in [5.41, 5.74) is 2.93. The molecule has 0 radical (unpaired) electrons. The van der Waals surface area contributed by atoms with E-state index in [0.29, 0.717) is 11.4 Å². The molecule has 0 saturated carbocycles. The number of nitrogens with one attached hydrogen (secondary N) is 1. The molecule has 3 rings (SSSR count). The van der Waals surface area contributed by atoms with Crippen molar-refractivity contribution in [2.24, 2.45) is 0 Å². The van der Waals surface area contributed by atoms with E-state index in [0.717, 1.165) is 48.4 Å². The number of aryl methyl sites for hydroxylation is 2. The molecule has 1 aliphatic rings. The van der Waals surface area contributed by atoms with Gasteiger partial charge in [0, 0.05) is 12.6 Å². The third kappa shape index (κ3) is 4.93. The highest BCUT2D eigenvalue weighted by Gasteiger charge is 2.25. The zero-order valence-electron chi connectivity index (χ0n) is 16.9. The number of hydrogen-bond acceptors (Lipinski definition) is 4. The van der Waals surface area contributed by atoms with E-state index in [1.165, 1.54) is 6.42 Å². The van der Waals surface area contributed by atoms with Crippen LogP contribution in [-0.4, -0.2) is 40.1 Å². The fourth-order valence-corrected chi connectivity index (χ4v) is 5.14.